The van der Waals surface area contributed by atoms with Gasteiger partial charge in [0.1, 0.15) is 12.4 Å². The van der Waals surface area contributed by atoms with Crippen molar-refractivity contribution in [3.05, 3.63) is 95.3 Å². The number of hydrogen-bond donors (Lipinski definition) is 2. The van der Waals surface area contributed by atoms with Gasteiger partial charge in [-0.25, -0.2) is 9.18 Å². The number of nitrogens with zero attached hydrogens (tertiary/aromatic N) is 1. The number of halogens is 1. The van der Waals surface area contributed by atoms with Crippen LogP contribution in [-0.2, 0) is 19.9 Å². The summed E-state index contributed by atoms with van der Waals surface area (Å²) in [5, 5.41) is 14.0. The highest BCUT2D eigenvalue weighted by molar-refractivity contribution is 6.12. The molecule has 3 aromatic carbocycles. The zero-order chi connectivity index (χ0) is 23.6. The van der Waals surface area contributed by atoms with Crippen molar-refractivity contribution in [2.75, 3.05) is 23.4 Å². The number of carbonyl (C=O) groups excluding carboxylic acids is 3. The molecule has 3 aromatic rings. The van der Waals surface area contributed by atoms with E-state index in [9.17, 15) is 23.9 Å². The van der Waals surface area contributed by atoms with E-state index in [2.05, 4.69) is 5.32 Å². The number of anilines is 2. The lowest BCUT2D eigenvalue weighted by Crippen LogP contribution is -2.44. The zero-order valence-corrected chi connectivity index (χ0v) is 17.7. The summed E-state index contributed by atoms with van der Waals surface area (Å²) in [6.45, 7) is 1.59. The molecule has 1 aliphatic heterocycles. The van der Waals surface area contributed by atoms with Crippen LogP contribution in [0.3, 0.4) is 0 Å². The standard InChI is InChI=1S/C25H21FN2O5/c1-2-33-23(30)16-10-12-19(13-11-16)27-22(29)15-28-21-9-4-3-8-20(21)25(32,24(28)31)17-6-5-7-18(26)14-17/h3-14,32H,2,15H2,1H3,(H,27,29). The number of nitrogens with one attached hydrogen (secondary N) is 1. The van der Waals surface area contributed by atoms with Crippen molar-refractivity contribution in [2.45, 2.75) is 12.5 Å². The van der Waals surface area contributed by atoms with Crippen LogP contribution in [0.5, 0.6) is 0 Å². The highest BCUT2D eigenvalue weighted by atomic mass is 19.1. The van der Waals surface area contributed by atoms with Gasteiger partial charge in [-0.3, -0.25) is 14.5 Å². The number of fused-ring (bicyclic) bond motifs is 1. The average molecular weight is 448 g/mol. The van der Waals surface area contributed by atoms with E-state index in [0.717, 1.165) is 6.07 Å². The Morgan fingerprint density at radius 1 is 1.06 bits per heavy atom. The molecule has 0 aliphatic carbocycles. The zero-order valence-electron chi connectivity index (χ0n) is 17.7. The summed E-state index contributed by atoms with van der Waals surface area (Å²) < 4.78 is 18.8. The Morgan fingerprint density at radius 2 is 1.79 bits per heavy atom. The number of amides is 2. The lowest BCUT2D eigenvalue weighted by molar-refractivity contribution is -0.133. The maximum Gasteiger partial charge on any atom is 0.338 e. The molecule has 1 unspecified atom stereocenters. The van der Waals surface area contributed by atoms with Gasteiger partial charge in [-0.1, -0.05) is 30.3 Å². The molecule has 2 N–H and O–H groups in total. The molecule has 0 saturated heterocycles. The molecule has 8 heteroatoms. The summed E-state index contributed by atoms with van der Waals surface area (Å²) >= 11 is 0. The highest BCUT2D eigenvalue weighted by Gasteiger charge is 2.51. The van der Waals surface area contributed by atoms with Crippen molar-refractivity contribution in [1.82, 2.24) is 0 Å². The van der Waals surface area contributed by atoms with Crippen LogP contribution in [0.25, 0.3) is 0 Å². The number of rotatable bonds is 6. The van der Waals surface area contributed by atoms with Crippen molar-refractivity contribution < 1.29 is 28.6 Å². The second-order valence-electron chi connectivity index (χ2n) is 7.48. The molecular formula is C25H21FN2O5. The minimum atomic E-state index is -2.11. The van der Waals surface area contributed by atoms with Crippen LogP contribution < -0.4 is 10.2 Å². The van der Waals surface area contributed by atoms with Crippen LogP contribution >= 0.6 is 0 Å². The summed E-state index contributed by atoms with van der Waals surface area (Å²) in [5.41, 5.74) is -0.626. The summed E-state index contributed by atoms with van der Waals surface area (Å²) in [6.07, 6.45) is 0. The van der Waals surface area contributed by atoms with Gasteiger partial charge in [-0.2, -0.15) is 0 Å². The Hall–Kier alpha value is -4.04. The van der Waals surface area contributed by atoms with E-state index in [0.29, 0.717) is 16.9 Å². The minimum absolute atomic E-state index is 0.0809. The molecule has 0 bridgehead atoms. The maximum absolute atomic E-state index is 13.8. The Kier molecular flexibility index (Phi) is 5.93. The SMILES string of the molecule is CCOC(=O)c1ccc(NC(=O)CN2C(=O)C(O)(c3cccc(F)c3)c3ccccc32)cc1. The van der Waals surface area contributed by atoms with E-state index < -0.39 is 29.2 Å². The Bertz CT molecular complexity index is 1230. The third kappa shape index (κ3) is 4.08. The van der Waals surface area contributed by atoms with Gasteiger partial charge in [0, 0.05) is 16.8 Å². The monoisotopic (exact) mass is 448 g/mol. The summed E-state index contributed by atoms with van der Waals surface area (Å²) in [5.74, 6) is -2.31. The third-order valence-electron chi connectivity index (χ3n) is 5.36. The molecule has 0 saturated carbocycles. The summed E-state index contributed by atoms with van der Waals surface area (Å²) in [7, 11) is 0. The van der Waals surface area contributed by atoms with E-state index in [1.165, 1.54) is 35.2 Å². The molecule has 168 valence electrons. The van der Waals surface area contributed by atoms with Crippen LogP contribution in [0.1, 0.15) is 28.4 Å². The number of carbonyl (C=O) groups is 3. The van der Waals surface area contributed by atoms with Gasteiger partial charge in [-0.15, -0.1) is 0 Å². The van der Waals surface area contributed by atoms with Crippen LogP contribution in [0.15, 0.2) is 72.8 Å². The quantitative estimate of drug-likeness (QED) is 0.565. The van der Waals surface area contributed by atoms with Crippen molar-refractivity contribution >= 4 is 29.2 Å². The predicted octanol–water partition coefficient (Wildman–Crippen LogP) is 3.22. The second-order valence-corrected chi connectivity index (χ2v) is 7.48. The molecule has 2 amide bonds. The molecule has 7 nitrogen and oxygen atoms in total. The molecule has 33 heavy (non-hydrogen) atoms. The number of benzene rings is 3. The van der Waals surface area contributed by atoms with Crippen LogP contribution in [0.4, 0.5) is 15.8 Å². The molecule has 0 radical (unpaired) electrons. The molecule has 1 heterocycles. The maximum atomic E-state index is 13.8. The van der Waals surface area contributed by atoms with Gasteiger partial charge in [0.25, 0.3) is 5.91 Å². The molecule has 0 aromatic heterocycles. The van der Waals surface area contributed by atoms with E-state index in [1.54, 1.807) is 43.3 Å². The van der Waals surface area contributed by atoms with Crippen molar-refractivity contribution in [3.63, 3.8) is 0 Å². The lowest BCUT2D eigenvalue weighted by Gasteiger charge is -2.23. The van der Waals surface area contributed by atoms with E-state index in [-0.39, 0.29) is 24.3 Å². The van der Waals surface area contributed by atoms with E-state index in [1.807, 2.05) is 0 Å². The van der Waals surface area contributed by atoms with Crippen molar-refractivity contribution in [3.8, 4) is 0 Å². The van der Waals surface area contributed by atoms with Crippen LogP contribution in [-0.4, -0.2) is 36.0 Å². The Labute approximate surface area is 189 Å². The van der Waals surface area contributed by atoms with Crippen molar-refractivity contribution in [1.29, 1.82) is 0 Å². The van der Waals surface area contributed by atoms with E-state index >= 15 is 0 Å². The van der Waals surface area contributed by atoms with Gasteiger partial charge in [0.05, 0.1) is 17.9 Å². The lowest BCUT2D eigenvalue weighted by atomic mass is 9.87. The third-order valence-corrected chi connectivity index (χ3v) is 5.36. The van der Waals surface area contributed by atoms with Gasteiger partial charge in [0.2, 0.25) is 5.91 Å². The fraction of sp³-hybridized carbons (Fsp3) is 0.160. The topological polar surface area (TPSA) is 95.9 Å². The second kappa shape index (κ2) is 8.84. The molecule has 0 fully saturated rings. The molecule has 0 spiro atoms. The average Bonchev–Trinajstić information content (AvgIpc) is 3.02. The number of para-hydroxylation sites is 1. The number of aliphatic hydroxyl groups is 1. The predicted molar refractivity (Wildman–Crippen MR) is 119 cm³/mol. The number of hydrogen-bond acceptors (Lipinski definition) is 5. The van der Waals surface area contributed by atoms with Crippen molar-refractivity contribution in [2.24, 2.45) is 0 Å². The van der Waals surface area contributed by atoms with Crippen LogP contribution in [0, 0.1) is 5.82 Å². The molecule has 4 rings (SSSR count). The van der Waals surface area contributed by atoms with Gasteiger partial charge in [-0.05, 0) is 49.4 Å². The van der Waals surface area contributed by atoms with Gasteiger partial charge >= 0.3 is 5.97 Å². The Morgan fingerprint density at radius 3 is 2.48 bits per heavy atom. The number of esters is 1. The molecule has 1 aliphatic rings. The van der Waals surface area contributed by atoms with Gasteiger partial charge in [0.15, 0.2) is 5.60 Å². The van der Waals surface area contributed by atoms with E-state index in [4.69, 9.17) is 4.74 Å². The van der Waals surface area contributed by atoms with Gasteiger partial charge < -0.3 is 15.2 Å². The number of ether oxygens (including phenoxy) is 1. The first-order valence-electron chi connectivity index (χ1n) is 10.3. The minimum Gasteiger partial charge on any atom is -0.462 e. The van der Waals surface area contributed by atoms with Crippen LogP contribution in [0.2, 0.25) is 0 Å². The normalized spacial score (nSPS) is 16.9. The fourth-order valence-electron chi connectivity index (χ4n) is 3.83. The highest BCUT2D eigenvalue weighted by Crippen LogP contribution is 2.44. The molecular weight excluding hydrogens is 427 g/mol. The first-order valence-corrected chi connectivity index (χ1v) is 10.3. The largest absolute Gasteiger partial charge is 0.462 e. The summed E-state index contributed by atoms with van der Waals surface area (Å²) in [4.78, 5) is 38.9. The fourth-order valence-corrected chi connectivity index (χ4v) is 3.83. The smallest absolute Gasteiger partial charge is 0.338 e. The Balaban J connectivity index is 1.55. The first-order chi connectivity index (χ1) is 15.8. The first kappa shape index (κ1) is 22.2. The summed E-state index contributed by atoms with van der Waals surface area (Å²) in [6, 6.07) is 17.9. The molecule has 1 atom stereocenters.